The minimum absolute atomic E-state index is 0.0101. The maximum absolute atomic E-state index is 13.0. The molecule has 21 heavy (non-hydrogen) atoms. The molecule has 0 aromatic heterocycles. The highest BCUT2D eigenvalue weighted by atomic mass is 16.2. The second kappa shape index (κ2) is 5.22. The summed E-state index contributed by atoms with van der Waals surface area (Å²) in [5.41, 5.74) is 7.14. The maximum atomic E-state index is 13.0. The van der Waals surface area contributed by atoms with Crippen LogP contribution in [0.1, 0.15) is 28.4 Å². The maximum Gasteiger partial charge on any atom is 0.260 e. The van der Waals surface area contributed by atoms with Crippen LogP contribution in [0, 0.1) is 6.92 Å². The summed E-state index contributed by atoms with van der Waals surface area (Å²) in [6.07, 6.45) is 0.888. The number of para-hydroxylation sites is 1. The van der Waals surface area contributed by atoms with E-state index < -0.39 is 0 Å². The van der Waals surface area contributed by atoms with Gasteiger partial charge in [-0.25, -0.2) is 0 Å². The first-order valence-electron chi connectivity index (χ1n) is 7.10. The van der Waals surface area contributed by atoms with Crippen molar-refractivity contribution in [3.8, 4) is 0 Å². The van der Waals surface area contributed by atoms with Gasteiger partial charge in [0.05, 0.1) is 11.3 Å². The number of hydrazine groups is 1. The Hall–Kier alpha value is -2.33. The zero-order chi connectivity index (χ0) is 15.0. The molecule has 0 spiro atoms. The fourth-order valence-corrected chi connectivity index (χ4v) is 2.97. The Bertz CT molecular complexity index is 696. The SMILES string of the molecule is Cc1ccc(NN)c(C(=O)N2c3ccccc3CC2C)c1. The van der Waals surface area contributed by atoms with Gasteiger partial charge in [-0.2, -0.15) is 0 Å². The van der Waals surface area contributed by atoms with Gasteiger partial charge in [-0.3, -0.25) is 10.6 Å². The molecule has 4 heteroatoms. The summed E-state index contributed by atoms with van der Waals surface area (Å²) in [5, 5.41) is 0. The van der Waals surface area contributed by atoms with Crippen molar-refractivity contribution in [1.29, 1.82) is 0 Å². The van der Waals surface area contributed by atoms with Crippen molar-refractivity contribution in [1.82, 2.24) is 0 Å². The number of hydrogen-bond acceptors (Lipinski definition) is 3. The summed E-state index contributed by atoms with van der Waals surface area (Å²) >= 11 is 0. The quantitative estimate of drug-likeness (QED) is 0.657. The van der Waals surface area contributed by atoms with Crippen LogP contribution < -0.4 is 16.2 Å². The Labute approximate surface area is 124 Å². The number of carbonyl (C=O) groups is 1. The van der Waals surface area contributed by atoms with E-state index in [1.807, 2.05) is 48.2 Å². The van der Waals surface area contributed by atoms with Crippen LogP contribution in [0.25, 0.3) is 0 Å². The predicted octanol–water partition coefficient (Wildman–Crippen LogP) is 2.87. The summed E-state index contributed by atoms with van der Waals surface area (Å²) in [6.45, 7) is 4.04. The molecule has 2 aromatic carbocycles. The van der Waals surface area contributed by atoms with Crippen molar-refractivity contribution in [2.24, 2.45) is 5.84 Å². The van der Waals surface area contributed by atoms with Gasteiger partial charge in [-0.05, 0) is 44.0 Å². The van der Waals surface area contributed by atoms with Gasteiger partial charge in [0, 0.05) is 11.7 Å². The van der Waals surface area contributed by atoms with Gasteiger partial charge in [0.2, 0.25) is 0 Å². The topological polar surface area (TPSA) is 58.4 Å². The average Bonchev–Trinajstić information content (AvgIpc) is 2.82. The number of nitrogens with zero attached hydrogens (tertiary/aromatic N) is 1. The van der Waals surface area contributed by atoms with E-state index >= 15 is 0 Å². The molecule has 3 N–H and O–H groups in total. The summed E-state index contributed by atoms with van der Waals surface area (Å²) in [4.78, 5) is 14.8. The molecule has 0 radical (unpaired) electrons. The Kier molecular flexibility index (Phi) is 3.39. The zero-order valence-corrected chi connectivity index (χ0v) is 12.3. The van der Waals surface area contributed by atoms with Crippen LogP contribution in [0.2, 0.25) is 0 Å². The van der Waals surface area contributed by atoms with Gasteiger partial charge in [0.15, 0.2) is 0 Å². The molecular weight excluding hydrogens is 262 g/mol. The molecule has 1 heterocycles. The zero-order valence-electron chi connectivity index (χ0n) is 12.3. The van der Waals surface area contributed by atoms with E-state index in [0.717, 1.165) is 17.7 Å². The van der Waals surface area contributed by atoms with Crippen molar-refractivity contribution < 1.29 is 4.79 Å². The van der Waals surface area contributed by atoms with Gasteiger partial charge in [0.25, 0.3) is 5.91 Å². The molecule has 0 saturated heterocycles. The molecule has 1 amide bonds. The number of nitrogens with one attached hydrogen (secondary N) is 1. The number of anilines is 2. The number of rotatable bonds is 2. The van der Waals surface area contributed by atoms with Gasteiger partial charge in [0.1, 0.15) is 0 Å². The fourth-order valence-electron chi connectivity index (χ4n) is 2.97. The molecule has 0 fully saturated rings. The molecule has 0 saturated carbocycles. The van der Waals surface area contributed by atoms with Gasteiger partial charge in [-0.15, -0.1) is 0 Å². The number of amides is 1. The number of hydrogen-bond donors (Lipinski definition) is 2. The Morgan fingerprint density at radius 2 is 2.05 bits per heavy atom. The average molecular weight is 281 g/mol. The summed E-state index contributed by atoms with van der Waals surface area (Å²) in [5.74, 6) is 5.54. The van der Waals surface area contributed by atoms with Gasteiger partial charge < -0.3 is 10.3 Å². The lowest BCUT2D eigenvalue weighted by molar-refractivity contribution is 0.0982. The van der Waals surface area contributed by atoms with Crippen LogP contribution in [-0.4, -0.2) is 11.9 Å². The van der Waals surface area contributed by atoms with Crippen LogP contribution in [0.4, 0.5) is 11.4 Å². The predicted molar refractivity (Wildman–Crippen MR) is 85.4 cm³/mol. The Balaban J connectivity index is 2.05. The first-order valence-corrected chi connectivity index (χ1v) is 7.10. The number of carbonyl (C=O) groups excluding carboxylic acids is 1. The molecule has 3 rings (SSSR count). The monoisotopic (exact) mass is 281 g/mol. The minimum atomic E-state index is -0.0101. The normalized spacial score (nSPS) is 16.7. The Morgan fingerprint density at radius 1 is 1.29 bits per heavy atom. The highest BCUT2D eigenvalue weighted by Crippen LogP contribution is 2.34. The van der Waals surface area contributed by atoms with Crippen molar-refractivity contribution in [2.75, 3.05) is 10.3 Å². The van der Waals surface area contributed by atoms with E-state index in [2.05, 4.69) is 18.4 Å². The lowest BCUT2D eigenvalue weighted by Crippen LogP contribution is -2.36. The number of nitrogen functional groups attached to an aromatic ring is 1. The van der Waals surface area contributed by atoms with Gasteiger partial charge >= 0.3 is 0 Å². The molecule has 0 bridgehead atoms. The van der Waals surface area contributed by atoms with Crippen LogP contribution >= 0.6 is 0 Å². The molecule has 1 atom stereocenters. The third-order valence-electron chi connectivity index (χ3n) is 3.99. The van der Waals surface area contributed by atoms with E-state index in [0.29, 0.717) is 11.3 Å². The van der Waals surface area contributed by atoms with Crippen molar-refractivity contribution in [2.45, 2.75) is 26.3 Å². The van der Waals surface area contributed by atoms with Crippen LogP contribution in [0.5, 0.6) is 0 Å². The minimum Gasteiger partial charge on any atom is -0.323 e. The molecule has 108 valence electrons. The Morgan fingerprint density at radius 3 is 2.81 bits per heavy atom. The highest BCUT2D eigenvalue weighted by Gasteiger charge is 2.32. The van der Waals surface area contributed by atoms with Gasteiger partial charge in [-0.1, -0.05) is 29.8 Å². The van der Waals surface area contributed by atoms with E-state index in [9.17, 15) is 4.79 Å². The smallest absolute Gasteiger partial charge is 0.260 e. The largest absolute Gasteiger partial charge is 0.323 e. The molecule has 1 aliphatic rings. The van der Waals surface area contributed by atoms with E-state index in [1.54, 1.807) is 0 Å². The van der Waals surface area contributed by atoms with Crippen LogP contribution in [0.15, 0.2) is 42.5 Å². The second-order valence-corrected chi connectivity index (χ2v) is 5.55. The van der Waals surface area contributed by atoms with Crippen molar-refractivity contribution in [3.63, 3.8) is 0 Å². The first-order chi connectivity index (χ1) is 10.1. The van der Waals surface area contributed by atoms with Crippen molar-refractivity contribution >= 4 is 17.3 Å². The number of aryl methyl sites for hydroxylation is 1. The lowest BCUT2D eigenvalue weighted by atomic mass is 10.1. The first kappa shape index (κ1) is 13.6. The molecule has 2 aromatic rings. The number of fused-ring (bicyclic) bond motifs is 1. The molecule has 1 aliphatic heterocycles. The van der Waals surface area contributed by atoms with E-state index in [4.69, 9.17) is 5.84 Å². The summed E-state index contributed by atoms with van der Waals surface area (Å²) < 4.78 is 0. The third kappa shape index (κ3) is 2.28. The van der Waals surface area contributed by atoms with Crippen LogP contribution in [0.3, 0.4) is 0 Å². The number of nitrogens with two attached hydrogens (primary N) is 1. The molecule has 4 nitrogen and oxygen atoms in total. The highest BCUT2D eigenvalue weighted by molar-refractivity contribution is 6.11. The molecule has 1 unspecified atom stereocenters. The van der Waals surface area contributed by atoms with E-state index in [-0.39, 0.29) is 11.9 Å². The number of benzene rings is 2. The van der Waals surface area contributed by atoms with E-state index in [1.165, 1.54) is 5.56 Å². The fraction of sp³-hybridized carbons (Fsp3) is 0.235. The third-order valence-corrected chi connectivity index (χ3v) is 3.99. The molecule has 0 aliphatic carbocycles. The summed E-state index contributed by atoms with van der Waals surface area (Å²) in [7, 11) is 0. The standard InChI is InChI=1S/C17H19N3O/c1-11-7-8-15(19-18)14(9-11)17(21)20-12(2)10-13-5-3-4-6-16(13)20/h3-9,12,19H,10,18H2,1-2H3. The lowest BCUT2D eigenvalue weighted by Gasteiger charge is -2.24. The second-order valence-electron chi connectivity index (χ2n) is 5.55. The summed E-state index contributed by atoms with van der Waals surface area (Å²) in [6, 6.07) is 13.9. The van der Waals surface area contributed by atoms with Crippen molar-refractivity contribution in [3.05, 3.63) is 59.2 Å². The van der Waals surface area contributed by atoms with Crippen LogP contribution in [-0.2, 0) is 6.42 Å². The molecular formula is C17H19N3O.